The van der Waals surface area contributed by atoms with Gasteiger partial charge in [0.2, 0.25) is 5.91 Å². The minimum Gasteiger partial charge on any atom is -0.310 e. The van der Waals surface area contributed by atoms with E-state index in [4.69, 9.17) is 11.6 Å². The van der Waals surface area contributed by atoms with Crippen molar-refractivity contribution in [2.24, 2.45) is 0 Å². The summed E-state index contributed by atoms with van der Waals surface area (Å²) in [5.74, 6) is 0.875. The van der Waals surface area contributed by atoms with Crippen LogP contribution in [0, 0.1) is 0 Å². The molecule has 0 spiro atoms. The van der Waals surface area contributed by atoms with Crippen molar-refractivity contribution in [1.29, 1.82) is 0 Å². The molecule has 1 saturated carbocycles. The number of benzene rings is 1. The van der Waals surface area contributed by atoms with Crippen molar-refractivity contribution in [2.75, 3.05) is 38.0 Å². The number of amides is 1. The maximum atomic E-state index is 12.5. The molecule has 4 rings (SSSR count). The summed E-state index contributed by atoms with van der Waals surface area (Å²) in [6, 6.07) is 10.4. The molecule has 1 aromatic carbocycles. The van der Waals surface area contributed by atoms with E-state index in [0.29, 0.717) is 12.6 Å². The summed E-state index contributed by atoms with van der Waals surface area (Å²) in [5.41, 5.74) is 1.24. The van der Waals surface area contributed by atoms with Crippen LogP contribution in [0.1, 0.15) is 37.3 Å². The lowest BCUT2D eigenvalue weighted by Crippen LogP contribution is -2.48. The van der Waals surface area contributed by atoms with Gasteiger partial charge in [-0.2, -0.15) is 5.10 Å². The second-order valence-corrected chi connectivity index (χ2v) is 8.27. The summed E-state index contributed by atoms with van der Waals surface area (Å²) < 4.78 is 1.99. The summed E-state index contributed by atoms with van der Waals surface area (Å²) in [6.07, 6.45) is 6.58. The predicted octanol–water partition coefficient (Wildman–Crippen LogP) is 3.41. The van der Waals surface area contributed by atoms with E-state index >= 15 is 0 Å². The van der Waals surface area contributed by atoms with E-state index in [2.05, 4.69) is 26.3 Å². The molecule has 2 heterocycles. The standard InChI is InChI=1S/C21H28ClN5O/c22-18-5-3-4-17(14-18)15-25-10-12-26(13-11-25)16-21(28)24-20-8-9-23-27(20)19-6-1-2-7-19/h3-5,8-9,14,19H,1-2,6-7,10-13,15-16H2,(H,24,28). The molecule has 28 heavy (non-hydrogen) atoms. The molecule has 1 aliphatic heterocycles. The van der Waals surface area contributed by atoms with Crippen LogP contribution in [0.4, 0.5) is 5.82 Å². The Morgan fingerprint density at radius 3 is 2.61 bits per heavy atom. The van der Waals surface area contributed by atoms with Gasteiger partial charge in [0.15, 0.2) is 0 Å². The molecule has 2 fully saturated rings. The van der Waals surface area contributed by atoms with Gasteiger partial charge in [0.1, 0.15) is 5.82 Å². The Morgan fingerprint density at radius 1 is 1.11 bits per heavy atom. The first-order chi connectivity index (χ1) is 13.7. The highest BCUT2D eigenvalue weighted by Gasteiger charge is 2.22. The average molecular weight is 402 g/mol. The zero-order valence-electron chi connectivity index (χ0n) is 16.2. The number of nitrogens with zero attached hydrogens (tertiary/aromatic N) is 4. The highest BCUT2D eigenvalue weighted by Crippen LogP contribution is 2.31. The minimum atomic E-state index is 0.0445. The van der Waals surface area contributed by atoms with Crippen molar-refractivity contribution in [2.45, 2.75) is 38.3 Å². The first kappa shape index (κ1) is 19.4. The Balaban J connectivity index is 1.24. The third kappa shape index (κ3) is 4.93. The lowest BCUT2D eigenvalue weighted by molar-refractivity contribution is -0.117. The molecule has 150 valence electrons. The lowest BCUT2D eigenvalue weighted by atomic mass is 10.2. The molecule has 1 amide bonds. The predicted molar refractivity (Wildman–Crippen MR) is 112 cm³/mol. The van der Waals surface area contributed by atoms with E-state index < -0.39 is 0 Å². The van der Waals surface area contributed by atoms with Crippen LogP contribution in [0.25, 0.3) is 0 Å². The Bertz CT molecular complexity index is 794. The Hall–Kier alpha value is -1.89. The van der Waals surface area contributed by atoms with Crippen molar-refractivity contribution in [3.05, 3.63) is 47.1 Å². The third-order valence-corrected chi connectivity index (χ3v) is 5.97. The number of halogens is 1. The molecule has 1 N–H and O–H groups in total. The van der Waals surface area contributed by atoms with Crippen LogP contribution in [0.2, 0.25) is 5.02 Å². The SMILES string of the molecule is O=C(CN1CCN(Cc2cccc(Cl)c2)CC1)Nc1ccnn1C1CCCC1. The molecule has 2 aromatic rings. The zero-order chi connectivity index (χ0) is 19.3. The zero-order valence-corrected chi connectivity index (χ0v) is 16.9. The van der Waals surface area contributed by atoms with Gasteiger partial charge in [-0.1, -0.05) is 36.6 Å². The molecule has 1 saturated heterocycles. The highest BCUT2D eigenvalue weighted by molar-refractivity contribution is 6.30. The summed E-state index contributed by atoms with van der Waals surface area (Å²) >= 11 is 6.08. The summed E-state index contributed by atoms with van der Waals surface area (Å²) in [5, 5.41) is 8.27. The average Bonchev–Trinajstić information content (AvgIpc) is 3.35. The van der Waals surface area contributed by atoms with E-state index in [1.165, 1.54) is 18.4 Å². The maximum absolute atomic E-state index is 12.5. The molecule has 1 aromatic heterocycles. The van der Waals surface area contributed by atoms with Gasteiger partial charge in [-0.3, -0.25) is 14.6 Å². The first-order valence-corrected chi connectivity index (χ1v) is 10.6. The van der Waals surface area contributed by atoms with Gasteiger partial charge in [-0.15, -0.1) is 0 Å². The number of carbonyl (C=O) groups excluding carboxylic acids is 1. The van der Waals surface area contributed by atoms with E-state index in [1.807, 2.05) is 28.9 Å². The molecule has 6 nitrogen and oxygen atoms in total. The van der Waals surface area contributed by atoms with Crippen LogP contribution in [0.5, 0.6) is 0 Å². The molecule has 0 bridgehead atoms. The van der Waals surface area contributed by atoms with E-state index in [1.54, 1.807) is 6.20 Å². The van der Waals surface area contributed by atoms with E-state index in [9.17, 15) is 4.79 Å². The minimum absolute atomic E-state index is 0.0445. The molecule has 1 aliphatic carbocycles. The van der Waals surface area contributed by atoms with E-state index in [-0.39, 0.29) is 5.91 Å². The molecular weight excluding hydrogens is 374 g/mol. The van der Waals surface area contributed by atoms with Crippen molar-refractivity contribution < 1.29 is 4.79 Å². The van der Waals surface area contributed by atoms with Crippen LogP contribution < -0.4 is 5.32 Å². The van der Waals surface area contributed by atoms with Crippen LogP contribution in [-0.4, -0.2) is 58.2 Å². The normalized spacial score (nSPS) is 19.2. The van der Waals surface area contributed by atoms with Gasteiger partial charge in [0.05, 0.1) is 18.8 Å². The van der Waals surface area contributed by atoms with Gasteiger partial charge < -0.3 is 5.32 Å². The summed E-state index contributed by atoms with van der Waals surface area (Å²) in [4.78, 5) is 17.2. The molecule has 0 unspecified atom stereocenters. The van der Waals surface area contributed by atoms with Gasteiger partial charge in [0.25, 0.3) is 0 Å². The van der Waals surface area contributed by atoms with Crippen LogP contribution in [-0.2, 0) is 11.3 Å². The van der Waals surface area contributed by atoms with Crippen LogP contribution >= 0.6 is 11.6 Å². The molecular formula is C21H28ClN5O. The first-order valence-electron chi connectivity index (χ1n) is 10.2. The van der Waals surface area contributed by atoms with Crippen molar-refractivity contribution in [3.8, 4) is 0 Å². The second kappa shape index (κ2) is 9.07. The second-order valence-electron chi connectivity index (χ2n) is 7.83. The fourth-order valence-electron chi connectivity index (χ4n) is 4.24. The quantitative estimate of drug-likeness (QED) is 0.805. The largest absolute Gasteiger partial charge is 0.310 e. The number of piperazine rings is 1. The number of anilines is 1. The van der Waals surface area contributed by atoms with Crippen molar-refractivity contribution in [1.82, 2.24) is 19.6 Å². The lowest BCUT2D eigenvalue weighted by Gasteiger charge is -2.34. The molecule has 2 aliphatic rings. The van der Waals surface area contributed by atoms with Gasteiger partial charge in [0, 0.05) is 43.8 Å². The monoisotopic (exact) mass is 401 g/mol. The Morgan fingerprint density at radius 2 is 1.86 bits per heavy atom. The van der Waals surface area contributed by atoms with Gasteiger partial charge >= 0.3 is 0 Å². The number of carbonyl (C=O) groups is 1. The Kier molecular flexibility index (Phi) is 6.29. The number of hydrogen-bond acceptors (Lipinski definition) is 4. The molecule has 0 radical (unpaired) electrons. The summed E-state index contributed by atoms with van der Waals surface area (Å²) in [6.45, 7) is 5.05. The smallest absolute Gasteiger partial charge is 0.239 e. The number of rotatable bonds is 6. The van der Waals surface area contributed by atoms with Gasteiger partial charge in [-0.25, -0.2) is 4.68 Å². The van der Waals surface area contributed by atoms with E-state index in [0.717, 1.165) is 56.4 Å². The number of hydrogen-bond donors (Lipinski definition) is 1. The third-order valence-electron chi connectivity index (χ3n) is 5.74. The fourth-order valence-corrected chi connectivity index (χ4v) is 4.45. The summed E-state index contributed by atoms with van der Waals surface area (Å²) in [7, 11) is 0. The van der Waals surface area contributed by atoms with Crippen LogP contribution in [0.3, 0.4) is 0 Å². The van der Waals surface area contributed by atoms with Crippen molar-refractivity contribution in [3.63, 3.8) is 0 Å². The molecule has 7 heteroatoms. The topological polar surface area (TPSA) is 53.4 Å². The van der Waals surface area contributed by atoms with Gasteiger partial charge in [-0.05, 0) is 30.5 Å². The fraction of sp³-hybridized carbons (Fsp3) is 0.524. The van der Waals surface area contributed by atoms with Crippen LogP contribution in [0.15, 0.2) is 36.5 Å². The number of nitrogens with one attached hydrogen (secondary N) is 1. The Labute approximate surface area is 171 Å². The van der Waals surface area contributed by atoms with Crippen molar-refractivity contribution >= 4 is 23.3 Å². The highest BCUT2D eigenvalue weighted by atomic mass is 35.5. The number of aromatic nitrogens is 2. The molecule has 0 atom stereocenters. The maximum Gasteiger partial charge on any atom is 0.239 e.